The zero-order chi connectivity index (χ0) is 13.6. The van der Waals surface area contributed by atoms with Gasteiger partial charge in [0.1, 0.15) is 5.60 Å². The first-order valence-corrected chi connectivity index (χ1v) is 7.35. The van der Waals surface area contributed by atoms with Gasteiger partial charge in [0.25, 0.3) is 0 Å². The second-order valence-corrected chi connectivity index (χ2v) is 6.06. The zero-order valence-corrected chi connectivity index (χ0v) is 12.3. The third-order valence-electron chi connectivity index (χ3n) is 4.07. The Hall–Kier alpha value is -0.790. The van der Waals surface area contributed by atoms with Crippen molar-refractivity contribution >= 4 is 5.97 Å². The fourth-order valence-electron chi connectivity index (χ4n) is 2.67. The van der Waals surface area contributed by atoms with Crippen molar-refractivity contribution in [2.24, 2.45) is 5.92 Å². The average molecular weight is 252 g/mol. The fraction of sp³-hybridized carbons (Fsp3) is 0.812. The van der Waals surface area contributed by atoms with E-state index in [0.29, 0.717) is 5.57 Å². The van der Waals surface area contributed by atoms with Crippen molar-refractivity contribution in [3.05, 3.63) is 12.2 Å². The van der Waals surface area contributed by atoms with Gasteiger partial charge in [0.2, 0.25) is 0 Å². The van der Waals surface area contributed by atoms with E-state index in [1.165, 1.54) is 38.5 Å². The van der Waals surface area contributed by atoms with Gasteiger partial charge in [0.05, 0.1) is 0 Å². The number of hydrogen-bond acceptors (Lipinski definition) is 2. The van der Waals surface area contributed by atoms with Gasteiger partial charge < -0.3 is 4.74 Å². The molecule has 0 heterocycles. The summed E-state index contributed by atoms with van der Waals surface area (Å²) in [5, 5.41) is 0. The highest BCUT2D eigenvalue weighted by Crippen LogP contribution is 2.37. The summed E-state index contributed by atoms with van der Waals surface area (Å²) in [5.41, 5.74) is 0.249. The van der Waals surface area contributed by atoms with E-state index in [4.69, 9.17) is 4.74 Å². The van der Waals surface area contributed by atoms with Crippen LogP contribution < -0.4 is 0 Å². The zero-order valence-electron chi connectivity index (χ0n) is 12.3. The van der Waals surface area contributed by atoms with Gasteiger partial charge in [0, 0.05) is 5.57 Å². The largest absolute Gasteiger partial charge is 0.456 e. The second-order valence-electron chi connectivity index (χ2n) is 6.06. The van der Waals surface area contributed by atoms with Crippen LogP contribution in [0.5, 0.6) is 0 Å². The Labute approximate surface area is 112 Å². The highest BCUT2D eigenvalue weighted by atomic mass is 16.6. The van der Waals surface area contributed by atoms with Crippen molar-refractivity contribution in [1.82, 2.24) is 0 Å². The Morgan fingerprint density at radius 3 is 2.44 bits per heavy atom. The van der Waals surface area contributed by atoms with Crippen molar-refractivity contribution in [2.45, 2.75) is 77.7 Å². The van der Waals surface area contributed by atoms with Crippen LogP contribution in [0.4, 0.5) is 0 Å². The molecular formula is C16H28O2. The van der Waals surface area contributed by atoms with Gasteiger partial charge in [0.15, 0.2) is 0 Å². The van der Waals surface area contributed by atoms with E-state index in [1.807, 2.05) is 0 Å². The summed E-state index contributed by atoms with van der Waals surface area (Å²) in [6.45, 7) is 9.66. The van der Waals surface area contributed by atoms with Gasteiger partial charge in [-0.25, -0.2) is 4.79 Å². The minimum atomic E-state index is -0.253. The van der Waals surface area contributed by atoms with E-state index >= 15 is 0 Å². The number of ether oxygens (including phenoxy) is 1. The van der Waals surface area contributed by atoms with Crippen molar-refractivity contribution in [1.29, 1.82) is 0 Å². The van der Waals surface area contributed by atoms with Gasteiger partial charge in [-0.15, -0.1) is 0 Å². The van der Waals surface area contributed by atoms with Crippen molar-refractivity contribution < 1.29 is 9.53 Å². The van der Waals surface area contributed by atoms with Gasteiger partial charge in [-0.3, -0.25) is 0 Å². The van der Waals surface area contributed by atoms with Crippen LogP contribution >= 0.6 is 0 Å². The van der Waals surface area contributed by atoms with Crippen molar-refractivity contribution in [3.8, 4) is 0 Å². The lowest BCUT2D eigenvalue weighted by Crippen LogP contribution is -2.36. The highest BCUT2D eigenvalue weighted by Gasteiger charge is 2.34. The predicted octanol–water partition coefficient (Wildman–Crippen LogP) is 4.63. The van der Waals surface area contributed by atoms with Gasteiger partial charge in [-0.1, -0.05) is 39.2 Å². The smallest absolute Gasteiger partial charge is 0.333 e. The number of carbonyl (C=O) groups is 1. The summed E-state index contributed by atoms with van der Waals surface area (Å²) in [5.74, 6) is 0.607. The SMILES string of the molecule is C=C(C)C(=O)OC1(C)CCC(CCCCC)CC1. The number of esters is 1. The Bertz CT molecular complexity index is 285. The lowest BCUT2D eigenvalue weighted by molar-refractivity contribution is -0.157. The fourth-order valence-corrected chi connectivity index (χ4v) is 2.67. The maximum absolute atomic E-state index is 11.6. The number of unbranched alkanes of at least 4 members (excludes halogenated alkanes) is 2. The maximum Gasteiger partial charge on any atom is 0.333 e. The lowest BCUT2D eigenvalue weighted by Gasteiger charge is -2.37. The number of rotatable bonds is 6. The first-order chi connectivity index (χ1) is 8.47. The standard InChI is InChI=1S/C16H28O2/c1-5-6-7-8-14-9-11-16(4,12-10-14)18-15(17)13(2)3/h14H,2,5-12H2,1,3-4H3. The van der Waals surface area contributed by atoms with E-state index in [0.717, 1.165) is 18.8 Å². The summed E-state index contributed by atoms with van der Waals surface area (Å²) >= 11 is 0. The number of carbonyl (C=O) groups excluding carboxylic acids is 1. The van der Waals surface area contributed by atoms with E-state index in [2.05, 4.69) is 20.4 Å². The quantitative estimate of drug-likeness (QED) is 0.391. The van der Waals surface area contributed by atoms with Crippen LogP contribution in [0.15, 0.2) is 12.2 Å². The Morgan fingerprint density at radius 2 is 1.94 bits per heavy atom. The molecule has 0 N–H and O–H groups in total. The minimum absolute atomic E-state index is 0.234. The van der Waals surface area contributed by atoms with Crippen LogP contribution in [0.2, 0.25) is 0 Å². The minimum Gasteiger partial charge on any atom is -0.456 e. The molecule has 1 saturated carbocycles. The summed E-state index contributed by atoms with van der Waals surface area (Å²) in [6.07, 6.45) is 9.74. The molecule has 0 amide bonds. The van der Waals surface area contributed by atoms with Gasteiger partial charge in [-0.05, 0) is 45.4 Å². The van der Waals surface area contributed by atoms with Gasteiger partial charge >= 0.3 is 5.97 Å². The van der Waals surface area contributed by atoms with E-state index in [9.17, 15) is 4.79 Å². The topological polar surface area (TPSA) is 26.3 Å². The molecule has 1 fully saturated rings. The van der Waals surface area contributed by atoms with Gasteiger partial charge in [-0.2, -0.15) is 0 Å². The third kappa shape index (κ3) is 4.83. The van der Waals surface area contributed by atoms with Crippen LogP contribution in [0.3, 0.4) is 0 Å². The molecule has 0 radical (unpaired) electrons. The van der Waals surface area contributed by atoms with E-state index < -0.39 is 0 Å². The molecule has 104 valence electrons. The molecule has 1 rings (SSSR count). The highest BCUT2D eigenvalue weighted by molar-refractivity contribution is 5.87. The normalized spacial score (nSPS) is 27.8. The summed E-state index contributed by atoms with van der Waals surface area (Å²) < 4.78 is 5.58. The molecule has 0 aromatic rings. The molecule has 0 atom stereocenters. The molecule has 0 saturated heterocycles. The molecule has 18 heavy (non-hydrogen) atoms. The van der Waals surface area contributed by atoms with Crippen molar-refractivity contribution in [3.63, 3.8) is 0 Å². The Kier molecular flexibility index (Phi) is 5.90. The molecular weight excluding hydrogens is 224 g/mol. The molecule has 1 aliphatic carbocycles. The summed E-state index contributed by atoms with van der Waals surface area (Å²) in [7, 11) is 0. The Balaban J connectivity index is 2.33. The van der Waals surface area contributed by atoms with Crippen LogP contribution in [0.25, 0.3) is 0 Å². The molecule has 2 nitrogen and oxygen atoms in total. The second kappa shape index (κ2) is 6.96. The molecule has 0 spiro atoms. The molecule has 0 aliphatic heterocycles. The molecule has 0 aromatic carbocycles. The third-order valence-corrected chi connectivity index (χ3v) is 4.07. The van der Waals surface area contributed by atoms with Crippen LogP contribution in [-0.2, 0) is 9.53 Å². The molecule has 0 unspecified atom stereocenters. The first-order valence-electron chi connectivity index (χ1n) is 7.35. The first kappa shape index (κ1) is 15.3. The average Bonchev–Trinajstić information content (AvgIpc) is 2.32. The predicted molar refractivity (Wildman–Crippen MR) is 75.4 cm³/mol. The molecule has 1 aliphatic rings. The van der Waals surface area contributed by atoms with E-state index in [1.54, 1.807) is 6.92 Å². The summed E-state index contributed by atoms with van der Waals surface area (Å²) in [4.78, 5) is 11.6. The number of hydrogen-bond donors (Lipinski definition) is 0. The van der Waals surface area contributed by atoms with Crippen LogP contribution in [-0.4, -0.2) is 11.6 Å². The molecule has 0 bridgehead atoms. The molecule has 0 aromatic heterocycles. The molecule has 2 heteroatoms. The monoisotopic (exact) mass is 252 g/mol. The van der Waals surface area contributed by atoms with E-state index in [-0.39, 0.29) is 11.6 Å². The van der Waals surface area contributed by atoms with Crippen LogP contribution in [0.1, 0.15) is 72.1 Å². The van der Waals surface area contributed by atoms with Crippen molar-refractivity contribution in [2.75, 3.05) is 0 Å². The maximum atomic E-state index is 11.6. The Morgan fingerprint density at radius 1 is 1.33 bits per heavy atom. The summed E-state index contributed by atoms with van der Waals surface area (Å²) in [6, 6.07) is 0. The lowest BCUT2D eigenvalue weighted by atomic mass is 9.78. The van der Waals surface area contributed by atoms with Crippen LogP contribution in [0, 0.1) is 5.92 Å².